The van der Waals surface area contributed by atoms with E-state index in [1.807, 2.05) is 26.0 Å². The predicted molar refractivity (Wildman–Crippen MR) is 75.1 cm³/mol. The quantitative estimate of drug-likeness (QED) is 0.731. The molecule has 1 amide bonds. The zero-order valence-electron chi connectivity index (χ0n) is 10.1. The van der Waals surface area contributed by atoms with Crippen molar-refractivity contribution >= 4 is 33.2 Å². The van der Waals surface area contributed by atoms with E-state index in [1.165, 1.54) is 0 Å². The van der Waals surface area contributed by atoms with Crippen LogP contribution >= 0.6 is 15.9 Å². The number of nitrogen functional groups attached to an aromatic ring is 1. The van der Waals surface area contributed by atoms with Crippen LogP contribution in [0.2, 0.25) is 0 Å². The van der Waals surface area contributed by atoms with Crippen molar-refractivity contribution in [1.29, 1.82) is 0 Å². The molecule has 0 radical (unpaired) electrons. The minimum absolute atomic E-state index is 0.00627. The highest BCUT2D eigenvalue weighted by atomic mass is 79.9. The van der Waals surface area contributed by atoms with Gasteiger partial charge >= 0.3 is 0 Å². The molecule has 0 saturated heterocycles. The number of rotatable bonds is 5. The summed E-state index contributed by atoms with van der Waals surface area (Å²) in [6.07, 6.45) is 0.941. The minimum Gasteiger partial charge on any atom is -0.398 e. The SMILES string of the molecule is CCCNC(=O)CNc1cc(C)c(N)cc1Br. The van der Waals surface area contributed by atoms with E-state index in [1.54, 1.807) is 0 Å². The normalized spacial score (nSPS) is 10.1. The van der Waals surface area contributed by atoms with Gasteiger partial charge in [-0.1, -0.05) is 6.92 Å². The van der Waals surface area contributed by atoms with Crippen LogP contribution in [0.1, 0.15) is 18.9 Å². The fourth-order valence-corrected chi connectivity index (χ4v) is 1.84. The summed E-state index contributed by atoms with van der Waals surface area (Å²) >= 11 is 3.41. The first-order chi connectivity index (χ1) is 8.04. The molecule has 17 heavy (non-hydrogen) atoms. The van der Waals surface area contributed by atoms with E-state index in [0.29, 0.717) is 6.54 Å². The van der Waals surface area contributed by atoms with E-state index in [2.05, 4.69) is 26.6 Å². The smallest absolute Gasteiger partial charge is 0.239 e. The molecule has 0 aliphatic rings. The van der Waals surface area contributed by atoms with Gasteiger partial charge in [-0.2, -0.15) is 0 Å². The van der Waals surface area contributed by atoms with Crippen LogP contribution in [0.5, 0.6) is 0 Å². The van der Waals surface area contributed by atoms with Crippen LogP contribution in [0.25, 0.3) is 0 Å². The molecule has 5 heteroatoms. The molecule has 4 nitrogen and oxygen atoms in total. The van der Waals surface area contributed by atoms with Crippen molar-refractivity contribution in [2.45, 2.75) is 20.3 Å². The van der Waals surface area contributed by atoms with Crippen molar-refractivity contribution in [3.63, 3.8) is 0 Å². The van der Waals surface area contributed by atoms with Crippen LogP contribution in [0, 0.1) is 6.92 Å². The first-order valence-corrected chi connectivity index (χ1v) is 6.40. The highest BCUT2D eigenvalue weighted by Gasteiger charge is 2.05. The summed E-state index contributed by atoms with van der Waals surface area (Å²) in [7, 11) is 0. The summed E-state index contributed by atoms with van der Waals surface area (Å²) < 4.78 is 0.865. The number of halogens is 1. The number of nitrogens with two attached hydrogens (primary N) is 1. The molecule has 1 aromatic rings. The first-order valence-electron chi connectivity index (χ1n) is 5.60. The number of amides is 1. The Hall–Kier alpha value is -1.23. The molecular formula is C12H18BrN3O. The van der Waals surface area contributed by atoms with Gasteiger partial charge in [0, 0.05) is 22.4 Å². The lowest BCUT2D eigenvalue weighted by molar-refractivity contribution is -0.119. The third-order valence-corrected chi connectivity index (χ3v) is 3.02. The molecule has 0 unspecified atom stereocenters. The average Bonchev–Trinajstić information content (AvgIpc) is 2.29. The van der Waals surface area contributed by atoms with Crippen molar-refractivity contribution in [1.82, 2.24) is 5.32 Å². The molecule has 0 aliphatic carbocycles. The van der Waals surface area contributed by atoms with E-state index in [0.717, 1.165) is 27.8 Å². The Morgan fingerprint density at radius 3 is 2.82 bits per heavy atom. The summed E-state index contributed by atoms with van der Waals surface area (Å²) in [6.45, 7) is 4.93. The summed E-state index contributed by atoms with van der Waals surface area (Å²) in [5.74, 6) is -0.00627. The first kappa shape index (κ1) is 13.8. The second-order valence-corrected chi connectivity index (χ2v) is 4.75. The van der Waals surface area contributed by atoms with Gasteiger partial charge in [-0.05, 0) is 47.0 Å². The van der Waals surface area contributed by atoms with Crippen LogP contribution in [-0.2, 0) is 4.79 Å². The van der Waals surface area contributed by atoms with E-state index < -0.39 is 0 Å². The number of nitrogens with one attached hydrogen (secondary N) is 2. The zero-order chi connectivity index (χ0) is 12.8. The lowest BCUT2D eigenvalue weighted by atomic mass is 10.2. The monoisotopic (exact) mass is 299 g/mol. The third kappa shape index (κ3) is 4.26. The molecule has 0 heterocycles. The second kappa shape index (κ2) is 6.49. The predicted octanol–water partition coefficient (Wildman–Crippen LogP) is 2.28. The number of carbonyl (C=O) groups excluding carboxylic acids is 1. The van der Waals surface area contributed by atoms with Crippen LogP contribution in [-0.4, -0.2) is 19.0 Å². The molecule has 94 valence electrons. The van der Waals surface area contributed by atoms with Gasteiger partial charge in [0.15, 0.2) is 0 Å². The van der Waals surface area contributed by atoms with Crippen molar-refractivity contribution in [2.24, 2.45) is 0 Å². The number of carbonyl (C=O) groups is 1. The standard InChI is InChI=1S/C12H18BrN3O/c1-3-4-15-12(17)7-16-11-5-8(2)10(14)6-9(11)13/h5-6,16H,3-4,7,14H2,1-2H3,(H,15,17). The summed E-state index contributed by atoms with van der Waals surface area (Å²) in [6, 6.07) is 3.76. The van der Waals surface area contributed by atoms with Crippen molar-refractivity contribution < 1.29 is 4.79 Å². The van der Waals surface area contributed by atoms with Crippen molar-refractivity contribution in [3.8, 4) is 0 Å². The maximum absolute atomic E-state index is 11.4. The fraction of sp³-hybridized carbons (Fsp3) is 0.417. The number of aryl methyl sites for hydroxylation is 1. The Balaban J connectivity index is 2.57. The molecule has 0 atom stereocenters. The highest BCUT2D eigenvalue weighted by Crippen LogP contribution is 2.27. The van der Waals surface area contributed by atoms with Gasteiger partial charge in [0.1, 0.15) is 0 Å². The summed E-state index contributed by atoms with van der Waals surface area (Å²) in [5, 5.41) is 5.88. The molecule has 0 bridgehead atoms. The van der Waals surface area contributed by atoms with Gasteiger partial charge in [0.2, 0.25) is 5.91 Å². The lowest BCUT2D eigenvalue weighted by Gasteiger charge is -2.11. The Labute approximate surface area is 110 Å². The van der Waals surface area contributed by atoms with Gasteiger partial charge in [-0.15, -0.1) is 0 Å². The Morgan fingerprint density at radius 2 is 2.18 bits per heavy atom. The summed E-state index contributed by atoms with van der Waals surface area (Å²) in [4.78, 5) is 11.4. The Bertz CT molecular complexity index is 407. The van der Waals surface area contributed by atoms with Crippen molar-refractivity contribution in [3.05, 3.63) is 22.2 Å². The van der Waals surface area contributed by atoms with Crippen LogP contribution in [0.15, 0.2) is 16.6 Å². The number of hydrogen-bond donors (Lipinski definition) is 3. The fourth-order valence-electron chi connectivity index (χ4n) is 1.33. The van der Waals surface area contributed by atoms with Gasteiger partial charge in [0.25, 0.3) is 0 Å². The van der Waals surface area contributed by atoms with Gasteiger partial charge in [-0.25, -0.2) is 0 Å². The summed E-state index contributed by atoms with van der Waals surface area (Å²) in [5.41, 5.74) is 8.38. The topological polar surface area (TPSA) is 67.2 Å². The van der Waals surface area contributed by atoms with Gasteiger partial charge in [0.05, 0.1) is 6.54 Å². The number of benzene rings is 1. The largest absolute Gasteiger partial charge is 0.398 e. The maximum Gasteiger partial charge on any atom is 0.239 e. The lowest BCUT2D eigenvalue weighted by Crippen LogP contribution is -2.30. The number of hydrogen-bond acceptors (Lipinski definition) is 3. The molecule has 0 saturated carbocycles. The van der Waals surface area contributed by atoms with E-state index in [-0.39, 0.29) is 12.5 Å². The molecule has 0 aliphatic heterocycles. The van der Waals surface area contributed by atoms with E-state index >= 15 is 0 Å². The van der Waals surface area contributed by atoms with Crippen LogP contribution in [0.3, 0.4) is 0 Å². The highest BCUT2D eigenvalue weighted by molar-refractivity contribution is 9.10. The molecule has 0 spiro atoms. The molecule has 4 N–H and O–H groups in total. The molecule has 1 aromatic carbocycles. The zero-order valence-corrected chi connectivity index (χ0v) is 11.7. The second-order valence-electron chi connectivity index (χ2n) is 3.89. The maximum atomic E-state index is 11.4. The van der Waals surface area contributed by atoms with Crippen molar-refractivity contribution in [2.75, 3.05) is 24.1 Å². The van der Waals surface area contributed by atoms with E-state index in [9.17, 15) is 4.79 Å². The number of anilines is 2. The van der Waals surface area contributed by atoms with Gasteiger partial charge in [-0.3, -0.25) is 4.79 Å². The minimum atomic E-state index is -0.00627. The molecule has 0 aromatic heterocycles. The van der Waals surface area contributed by atoms with Gasteiger partial charge < -0.3 is 16.4 Å². The third-order valence-electron chi connectivity index (χ3n) is 2.37. The molecule has 0 fully saturated rings. The molecule has 1 rings (SSSR count). The van der Waals surface area contributed by atoms with E-state index in [4.69, 9.17) is 5.73 Å². The molecular weight excluding hydrogens is 282 g/mol. The van der Waals surface area contributed by atoms with Crippen LogP contribution in [0.4, 0.5) is 11.4 Å². The Kier molecular flexibility index (Phi) is 5.28. The Morgan fingerprint density at radius 1 is 1.47 bits per heavy atom. The van der Waals surface area contributed by atoms with Crippen LogP contribution < -0.4 is 16.4 Å². The average molecular weight is 300 g/mol.